The molecule has 5 N–H and O–H groups in total. The Hall–Kier alpha value is -4.23. The van der Waals surface area contributed by atoms with Gasteiger partial charge in [-0.1, -0.05) is 71.9 Å². The molecular weight excluding hydrogens is 602 g/mol. The third-order valence-corrected chi connectivity index (χ3v) is 8.03. The van der Waals surface area contributed by atoms with Gasteiger partial charge in [-0.2, -0.15) is 5.26 Å². The Balaban J connectivity index is 0.00000293. The molecule has 3 amide bonds. The number of aliphatic imine (C=N–C) groups is 1. The number of benzene rings is 1. The van der Waals surface area contributed by atoms with Gasteiger partial charge >= 0.3 is 0 Å². The second kappa shape index (κ2) is 24.0. The van der Waals surface area contributed by atoms with Gasteiger partial charge in [0.2, 0.25) is 11.8 Å². The van der Waals surface area contributed by atoms with Crippen LogP contribution in [-0.2, 0) is 16.0 Å². The van der Waals surface area contributed by atoms with Crippen LogP contribution in [0.25, 0.3) is 0 Å². The maximum absolute atomic E-state index is 12.7. The van der Waals surface area contributed by atoms with Gasteiger partial charge in [-0.15, -0.1) is 0 Å². The minimum absolute atomic E-state index is 0.0660. The smallest absolute Gasteiger partial charge is 0.251 e. The molecule has 1 heterocycles. The molecule has 3 rings (SSSR count). The molecule has 1 aliphatic heterocycles. The van der Waals surface area contributed by atoms with Crippen molar-refractivity contribution in [1.82, 2.24) is 20.9 Å². The fourth-order valence-electron chi connectivity index (χ4n) is 5.47. The SMILES string of the molecule is C=C/C=C(\C=C(/C)C(=O)NCC)CCc1cc(C(=O)NC)ccc1C1CC(NCC(=O)N(C)C2CC2CC)N=C1N.CC.CC.CC#N. The number of amidine groups is 1. The van der Waals surface area contributed by atoms with E-state index in [4.69, 9.17) is 11.0 Å². The molecule has 4 unspecified atom stereocenters. The van der Waals surface area contributed by atoms with E-state index in [1.165, 1.54) is 6.92 Å². The number of likely N-dealkylation sites (N-methyl/N-ethyl adjacent to an activating group) is 2. The first kappa shape index (κ1) is 43.8. The fourth-order valence-corrected chi connectivity index (χ4v) is 5.47. The number of nitrogens with two attached hydrogens (primary N) is 1. The number of carbonyl (C=O) groups is 3. The van der Waals surface area contributed by atoms with Gasteiger partial charge < -0.3 is 21.3 Å². The van der Waals surface area contributed by atoms with Gasteiger partial charge in [-0.05, 0) is 74.3 Å². The van der Waals surface area contributed by atoms with Crippen molar-refractivity contribution in [2.24, 2.45) is 16.6 Å². The number of nitriles is 1. The molecule has 10 heteroatoms. The van der Waals surface area contributed by atoms with Crippen LogP contribution in [-0.4, -0.2) is 67.8 Å². The molecule has 0 radical (unpaired) electrons. The van der Waals surface area contributed by atoms with Crippen LogP contribution in [0.4, 0.5) is 0 Å². The number of allylic oxidation sites excluding steroid dienone is 4. The lowest BCUT2D eigenvalue weighted by Crippen LogP contribution is -2.40. The van der Waals surface area contributed by atoms with Gasteiger partial charge in [-0.25, -0.2) is 0 Å². The largest absolute Gasteiger partial charge is 0.387 e. The van der Waals surface area contributed by atoms with Crippen LogP contribution in [0.5, 0.6) is 0 Å². The van der Waals surface area contributed by atoms with E-state index in [1.807, 2.05) is 76.9 Å². The molecule has 1 saturated carbocycles. The van der Waals surface area contributed by atoms with Crippen molar-refractivity contribution in [2.45, 2.75) is 106 Å². The summed E-state index contributed by atoms with van der Waals surface area (Å²) >= 11 is 0. The Labute approximate surface area is 290 Å². The molecule has 1 aromatic rings. The van der Waals surface area contributed by atoms with Crippen molar-refractivity contribution < 1.29 is 14.4 Å². The number of amides is 3. The quantitative estimate of drug-likeness (QED) is 0.146. The van der Waals surface area contributed by atoms with Gasteiger partial charge in [-0.3, -0.25) is 24.7 Å². The van der Waals surface area contributed by atoms with E-state index in [2.05, 4.69) is 34.4 Å². The van der Waals surface area contributed by atoms with Crippen molar-refractivity contribution in [3.63, 3.8) is 0 Å². The second-order valence-corrected chi connectivity index (χ2v) is 11.1. The highest BCUT2D eigenvalue weighted by Gasteiger charge is 2.40. The molecule has 0 spiro atoms. The Bertz CT molecular complexity index is 1330. The van der Waals surface area contributed by atoms with E-state index in [0.717, 1.165) is 29.5 Å². The molecule has 48 heavy (non-hydrogen) atoms. The minimum atomic E-state index is -0.260. The van der Waals surface area contributed by atoms with Crippen LogP contribution in [0.3, 0.4) is 0 Å². The Morgan fingerprint density at radius 2 is 1.81 bits per heavy atom. The van der Waals surface area contributed by atoms with E-state index >= 15 is 0 Å². The van der Waals surface area contributed by atoms with Crippen molar-refractivity contribution in [2.75, 3.05) is 27.2 Å². The topological polar surface area (TPSA) is 153 Å². The number of rotatable bonds is 14. The zero-order valence-electron chi connectivity index (χ0n) is 31.1. The van der Waals surface area contributed by atoms with Crippen LogP contribution >= 0.6 is 0 Å². The lowest BCUT2D eigenvalue weighted by atomic mass is 9.87. The molecule has 0 saturated heterocycles. The first-order chi connectivity index (χ1) is 23.0. The summed E-state index contributed by atoms with van der Waals surface area (Å²) in [5.41, 5.74) is 10.6. The zero-order valence-corrected chi connectivity index (χ0v) is 31.1. The molecule has 266 valence electrons. The Morgan fingerprint density at radius 1 is 1.17 bits per heavy atom. The fraction of sp³-hybridized carbons (Fsp3) is 0.553. The molecule has 1 aliphatic carbocycles. The Kier molecular flexibility index (Phi) is 21.9. The average molecular weight is 664 g/mol. The first-order valence-corrected chi connectivity index (χ1v) is 17.3. The summed E-state index contributed by atoms with van der Waals surface area (Å²) in [6.45, 7) is 19.9. The first-order valence-electron chi connectivity index (χ1n) is 17.3. The molecule has 1 aromatic carbocycles. The summed E-state index contributed by atoms with van der Waals surface area (Å²) in [4.78, 5) is 43.9. The van der Waals surface area contributed by atoms with Crippen molar-refractivity contribution in [1.29, 1.82) is 5.26 Å². The lowest BCUT2D eigenvalue weighted by molar-refractivity contribution is -0.129. The third kappa shape index (κ3) is 13.9. The van der Waals surface area contributed by atoms with Gasteiger partial charge in [0.25, 0.3) is 5.91 Å². The molecule has 2 aliphatic rings. The number of aryl methyl sites for hydroxylation is 1. The second-order valence-electron chi connectivity index (χ2n) is 11.1. The van der Waals surface area contributed by atoms with E-state index in [0.29, 0.717) is 54.7 Å². The summed E-state index contributed by atoms with van der Waals surface area (Å²) in [6, 6.07) is 7.77. The Morgan fingerprint density at radius 3 is 2.35 bits per heavy atom. The van der Waals surface area contributed by atoms with Crippen LogP contribution < -0.4 is 21.7 Å². The molecule has 0 aromatic heterocycles. The van der Waals surface area contributed by atoms with Crippen LogP contribution in [0.2, 0.25) is 0 Å². The number of hydrogen-bond acceptors (Lipinski definition) is 7. The maximum Gasteiger partial charge on any atom is 0.251 e. The van der Waals surface area contributed by atoms with Crippen LogP contribution in [0.1, 0.15) is 108 Å². The molecule has 10 nitrogen and oxygen atoms in total. The van der Waals surface area contributed by atoms with Crippen molar-refractivity contribution in [3.05, 3.63) is 70.8 Å². The monoisotopic (exact) mass is 663 g/mol. The van der Waals surface area contributed by atoms with Gasteiger partial charge in [0, 0.05) is 50.7 Å². The summed E-state index contributed by atoms with van der Waals surface area (Å²) in [5, 5.41) is 16.1. The normalized spacial score (nSPS) is 19.3. The zero-order chi connectivity index (χ0) is 36.8. The van der Waals surface area contributed by atoms with Crippen LogP contribution in [0.15, 0.2) is 59.1 Å². The number of hydrogen-bond donors (Lipinski definition) is 4. The summed E-state index contributed by atoms with van der Waals surface area (Å²) in [5.74, 6) is 0.782. The summed E-state index contributed by atoms with van der Waals surface area (Å²) < 4.78 is 0. The van der Waals surface area contributed by atoms with Gasteiger partial charge in [0.1, 0.15) is 12.0 Å². The highest BCUT2D eigenvalue weighted by molar-refractivity contribution is 5.95. The lowest BCUT2D eigenvalue weighted by Gasteiger charge is -2.20. The van der Waals surface area contributed by atoms with E-state index in [-0.39, 0.29) is 36.3 Å². The molecule has 4 atom stereocenters. The number of nitrogens with one attached hydrogen (secondary N) is 3. The van der Waals surface area contributed by atoms with E-state index < -0.39 is 0 Å². The van der Waals surface area contributed by atoms with E-state index in [9.17, 15) is 14.4 Å². The molecule has 1 fully saturated rings. The number of carbonyl (C=O) groups excluding carboxylic acids is 3. The highest BCUT2D eigenvalue weighted by Crippen LogP contribution is 2.37. The molecule has 0 bridgehead atoms. The summed E-state index contributed by atoms with van der Waals surface area (Å²) in [7, 11) is 3.49. The maximum atomic E-state index is 12.7. The third-order valence-electron chi connectivity index (χ3n) is 8.03. The minimum Gasteiger partial charge on any atom is -0.387 e. The predicted molar refractivity (Wildman–Crippen MR) is 199 cm³/mol. The van der Waals surface area contributed by atoms with Crippen molar-refractivity contribution >= 4 is 23.6 Å². The molecular formula is C38H61N7O3. The van der Waals surface area contributed by atoms with Gasteiger partial charge in [0.15, 0.2) is 0 Å². The standard InChI is InChI=1S/C32H46N6O3.C2H3N.2C2H6/c1-7-10-21(15-20(4)31(40)35-9-3)11-12-23-16-24(32(41)34-5)13-14-25(23)26-18-28(37-30(26)33)36-19-29(39)38(6)27-17-22(27)8-2;1-2-3;2*1-2/h7,10,13-16,22,26-28,36H,1,8-9,11-12,17-19H2,2-6H3,(H2,33,37)(H,34,41)(H,35,40);1H3;2*1-2H3/b20-15+,21-10-;;;. The predicted octanol–water partition coefficient (Wildman–Crippen LogP) is 5.77. The highest BCUT2D eigenvalue weighted by atomic mass is 16.2. The van der Waals surface area contributed by atoms with Crippen LogP contribution in [0, 0.1) is 17.2 Å². The van der Waals surface area contributed by atoms with Crippen molar-refractivity contribution in [3.8, 4) is 6.07 Å². The summed E-state index contributed by atoms with van der Waals surface area (Å²) in [6.07, 6.45) is 9.29. The van der Waals surface area contributed by atoms with Gasteiger partial charge in [0.05, 0.1) is 12.6 Å². The van der Waals surface area contributed by atoms with E-state index in [1.54, 1.807) is 26.1 Å². The average Bonchev–Trinajstić information content (AvgIpc) is 3.80. The number of nitrogens with zero attached hydrogens (tertiary/aromatic N) is 3.